The van der Waals surface area contributed by atoms with Crippen molar-refractivity contribution in [2.45, 2.75) is 6.04 Å². The van der Waals surface area contributed by atoms with Crippen molar-refractivity contribution in [3.05, 3.63) is 69.1 Å². The molecule has 0 radical (unpaired) electrons. The van der Waals surface area contributed by atoms with Gasteiger partial charge in [0.1, 0.15) is 23.2 Å². The van der Waals surface area contributed by atoms with Crippen molar-refractivity contribution < 1.29 is 4.39 Å². The molecule has 0 saturated carbocycles. The van der Waals surface area contributed by atoms with Crippen LogP contribution in [0.2, 0.25) is 0 Å². The van der Waals surface area contributed by atoms with Crippen molar-refractivity contribution >= 4 is 23.0 Å². The molecular weight excluding hydrogens is 357 g/mol. The smallest absolute Gasteiger partial charge is 0.288 e. The molecule has 1 aliphatic rings. The zero-order valence-electron chi connectivity index (χ0n) is 13.0. The van der Waals surface area contributed by atoms with Gasteiger partial charge in [-0.3, -0.25) is 4.79 Å². The third-order valence-corrected chi connectivity index (χ3v) is 5.06. The van der Waals surface area contributed by atoms with Crippen molar-refractivity contribution in [3.63, 3.8) is 0 Å². The number of anilines is 2. The van der Waals surface area contributed by atoms with Crippen molar-refractivity contribution in [3.8, 4) is 10.6 Å². The highest BCUT2D eigenvalue weighted by atomic mass is 32.1. The van der Waals surface area contributed by atoms with E-state index < -0.39 is 11.6 Å². The number of rotatable bonds is 2. The highest BCUT2D eigenvalue weighted by Crippen LogP contribution is 2.41. The number of thiophene rings is 1. The minimum Gasteiger partial charge on any atom is -0.318 e. The van der Waals surface area contributed by atoms with Crippen molar-refractivity contribution in [2.75, 3.05) is 5.32 Å². The van der Waals surface area contributed by atoms with Crippen LogP contribution in [0.1, 0.15) is 17.2 Å². The second-order valence-electron chi connectivity index (χ2n) is 5.70. The lowest BCUT2D eigenvalue weighted by atomic mass is 9.94. The fraction of sp³-hybridized carbons (Fsp3) is 0.0625. The summed E-state index contributed by atoms with van der Waals surface area (Å²) in [4.78, 5) is 13.3. The monoisotopic (exact) mass is 367 g/mol. The van der Waals surface area contributed by atoms with Gasteiger partial charge in [-0.05, 0) is 39.6 Å². The van der Waals surface area contributed by atoms with E-state index in [1.807, 2.05) is 17.5 Å². The Morgan fingerprint density at radius 2 is 2.15 bits per heavy atom. The van der Waals surface area contributed by atoms with Crippen molar-refractivity contribution in [1.29, 1.82) is 0 Å². The largest absolute Gasteiger partial charge is 0.318 e. The average molecular weight is 367 g/mol. The summed E-state index contributed by atoms with van der Waals surface area (Å²) in [6.07, 6.45) is 0. The molecule has 128 valence electrons. The first-order valence-corrected chi connectivity index (χ1v) is 8.57. The molecule has 10 heteroatoms. The quantitative estimate of drug-likeness (QED) is 0.497. The number of aromatic nitrogens is 6. The second-order valence-corrected chi connectivity index (χ2v) is 6.64. The number of hydrogen-bond acceptors (Lipinski definition) is 7. The summed E-state index contributed by atoms with van der Waals surface area (Å²) in [5, 5.41) is 23.3. The maximum atomic E-state index is 13.9. The van der Waals surface area contributed by atoms with Crippen LogP contribution in [-0.4, -0.2) is 30.4 Å². The third kappa shape index (κ3) is 2.15. The summed E-state index contributed by atoms with van der Waals surface area (Å²) < 4.78 is 15.4. The topological polar surface area (TPSA) is 101 Å². The average Bonchev–Trinajstić information content (AvgIpc) is 3.32. The molecule has 0 spiro atoms. The zero-order valence-corrected chi connectivity index (χ0v) is 13.9. The molecule has 4 heterocycles. The van der Waals surface area contributed by atoms with E-state index in [0.717, 1.165) is 4.88 Å². The summed E-state index contributed by atoms with van der Waals surface area (Å²) in [5.41, 5.74) is 1.72. The molecule has 8 nitrogen and oxygen atoms in total. The molecular formula is C16H10FN7OS. The number of nitrogens with zero attached hydrogens (tertiary/aromatic N) is 5. The molecule has 0 bridgehead atoms. The van der Waals surface area contributed by atoms with Gasteiger partial charge in [0.05, 0.1) is 4.88 Å². The first kappa shape index (κ1) is 14.9. The van der Waals surface area contributed by atoms with Gasteiger partial charge in [-0.25, -0.2) is 9.49 Å². The van der Waals surface area contributed by atoms with Crippen LogP contribution in [0, 0.1) is 5.82 Å². The SMILES string of the molecule is O=c1[nH]nc(-c2cccs2)c2c1Nc1nnnn1[C@@H]2c1cccc(F)c1. The lowest BCUT2D eigenvalue weighted by molar-refractivity contribution is 0.560. The summed E-state index contributed by atoms with van der Waals surface area (Å²) >= 11 is 1.49. The van der Waals surface area contributed by atoms with Crippen LogP contribution in [0.5, 0.6) is 0 Å². The summed E-state index contributed by atoms with van der Waals surface area (Å²) in [6.45, 7) is 0. The minimum atomic E-state index is -0.584. The van der Waals surface area contributed by atoms with E-state index in [-0.39, 0.29) is 5.82 Å². The molecule has 0 saturated heterocycles. The molecule has 2 N–H and O–H groups in total. The number of H-pyrrole nitrogens is 1. The van der Waals surface area contributed by atoms with Gasteiger partial charge in [-0.15, -0.1) is 11.3 Å². The highest BCUT2D eigenvalue weighted by molar-refractivity contribution is 7.13. The predicted octanol–water partition coefficient (Wildman–Crippen LogP) is 2.32. The summed E-state index contributed by atoms with van der Waals surface area (Å²) in [7, 11) is 0. The van der Waals surface area contributed by atoms with E-state index in [2.05, 4.69) is 31.0 Å². The molecule has 1 aliphatic heterocycles. The van der Waals surface area contributed by atoms with Crippen LogP contribution in [0.15, 0.2) is 46.6 Å². The number of benzene rings is 1. The van der Waals surface area contributed by atoms with Gasteiger partial charge in [0.2, 0.25) is 5.95 Å². The van der Waals surface area contributed by atoms with Gasteiger partial charge in [-0.1, -0.05) is 23.3 Å². The first-order chi connectivity index (χ1) is 12.7. The molecule has 0 aliphatic carbocycles. The predicted molar refractivity (Wildman–Crippen MR) is 92.9 cm³/mol. The Labute approximate surface area is 149 Å². The number of aromatic amines is 1. The van der Waals surface area contributed by atoms with Crippen LogP contribution in [0.25, 0.3) is 10.6 Å². The van der Waals surface area contributed by atoms with Crippen LogP contribution < -0.4 is 10.9 Å². The van der Waals surface area contributed by atoms with Crippen LogP contribution in [0.4, 0.5) is 16.0 Å². The van der Waals surface area contributed by atoms with E-state index >= 15 is 0 Å². The van der Waals surface area contributed by atoms with Gasteiger partial charge < -0.3 is 5.32 Å². The zero-order chi connectivity index (χ0) is 17.7. The van der Waals surface area contributed by atoms with Crippen LogP contribution in [-0.2, 0) is 0 Å². The number of fused-ring (bicyclic) bond motifs is 2. The molecule has 5 rings (SSSR count). The van der Waals surface area contributed by atoms with Crippen LogP contribution >= 0.6 is 11.3 Å². The highest BCUT2D eigenvalue weighted by Gasteiger charge is 2.34. The van der Waals surface area contributed by atoms with Gasteiger partial charge >= 0.3 is 0 Å². The Bertz CT molecular complexity index is 1170. The molecule has 3 aromatic heterocycles. The molecule has 1 aromatic carbocycles. The standard InChI is InChI=1S/C16H10FN7OS/c17-9-4-1-3-8(7-9)14-11-12(10-5-2-6-26-10)19-20-15(25)13(11)18-16-21-22-23-24(14)16/h1-7,14H,(H,20,25)(H,18,21,23)/t14-/m1/s1. The van der Waals surface area contributed by atoms with E-state index in [4.69, 9.17) is 0 Å². The molecule has 0 amide bonds. The Kier molecular flexibility index (Phi) is 3.19. The van der Waals surface area contributed by atoms with Gasteiger partial charge in [0, 0.05) is 5.56 Å². The van der Waals surface area contributed by atoms with Crippen molar-refractivity contribution in [2.24, 2.45) is 0 Å². The van der Waals surface area contributed by atoms with Gasteiger partial charge in [-0.2, -0.15) is 9.78 Å². The third-order valence-electron chi connectivity index (χ3n) is 4.19. The Balaban J connectivity index is 1.85. The van der Waals surface area contributed by atoms with Gasteiger partial charge in [0.25, 0.3) is 5.56 Å². The molecule has 1 atom stereocenters. The Hall–Kier alpha value is -3.40. The normalized spacial score (nSPS) is 15.2. The summed E-state index contributed by atoms with van der Waals surface area (Å²) in [5.74, 6) is -0.0757. The Morgan fingerprint density at radius 1 is 1.23 bits per heavy atom. The lowest BCUT2D eigenvalue weighted by Crippen LogP contribution is -2.29. The van der Waals surface area contributed by atoms with Gasteiger partial charge in [0.15, 0.2) is 0 Å². The number of hydrogen-bond donors (Lipinski definition) is 2. The maximum Gasteiger partial charge on any atom is 0.288 e. The Morgan fingerprint density at radius 3 is 2.96 bits per heavy atom. The number of halogens is 1. The lowest BCUT2D eigenvalue weighted by Gasteiger charge is -2.27. The number of nitrogens with one attached hydrogen (secondary N) is 2. The van der Waals surface area contributed by atoms with Crippen molar-refractivity contribution in [1.82, 2.24) is 30.4 Å². The first-order valence-electron chi connectivity index (χ1n) is 7.69. The molecule has 26 heavy (non-hydrogen) atoms. The fourth-order valence-corrected chi connectivity index (χ4v) is 3.85. The van der Waals surface area contributed by atoms with E-state index in [1.165, 1.54) is 28.2 Å². The maximum absolute atomic E-state index is 13.9. The van der Waals surface area contributed by atoms with E-state index in [0.29, 0.717) is 28.5 Å². The molecule has 0 fully saturated rings. The fourth-order valence-electron chi connectivity index (χ4n) is 3.12. The van der Waals surface area contributed by atoms with E-state index in [9.17, 15) is 9.18 Å². The molecule has 0 unspecified atom stereocenters. The second kappa shape index (κ2) is 5.56. The van der Waals surface area contributed by atoms with E-state index in [1.54, 1.807) is 12.1 Å². The minimum absolute atomic E-state index is 0.306. The summed E-state index contributed by atoms with van der Waals surface area (Å²) in [6, 6.07) is 9.37. The molecule has 4 aromatic rings. The number of tetrazole rings is 1. The van der Waals surface area contributed by atoms with Crippen LogP contribution in [0.3, 0.4) is 0 Å².